The van der Waals surface area contributed by atoms with Crippen molar-refractivity contribution in [3.63, 3.8) is 0 Å². The van der Waals surface area contributed by atoms with Gasteiger partial charge in [-0.2, -0.15) is 0 Å². The zero-order chi connectivity index (χ0) is 74.6. The molecule has 9 nitrogen and oxygen atoms in total. The molecule has 100 heavy (non-hydrogen) atoms. The van der Waals surface area contributed by atoms with Crippen LogP contribution in [-0.2, 0) is 46.9 Å². The molecule has 0 aromatic heterocycles. The summed E-state index contributed by atoms with van der Waals surface area (Å²) >= 11 is 0. The molecule has 0 N–H and O–H groups in total. The third kappa shape index (κ3) is 18.1. The average Bonchev–Trinajstić information content (AvgIpc) is 1.59. The van der Waals surface area contributed by atoms with Crippen molar-refractivity contribution < 1.29 is 42.2 Å². The molecule has 0 saturated heterocycles. The van der Waals surface area contributed by atoms with E-state index >= 15 is 14.4 Å². The van der Waals surface area contributed by atoms with Crippen LogP contribution in [0.5, 0.6) is 34.5 Å². The minimum Gasteiger partial charge on any atom is -0.425 e. The number of hydrogen-bond acceptors (Lipinski definition) is 9. The van der Waals surface area contributed by atoms with Crippen LogP contribution in [0.1, 0.15) is 331 Å². The smallest absolute Gasteiger partial charge is 0.425 e. The average molecular weight is 1380 g/mol. The highest BCUT2D eigenvalue weighted by Gasteiger charge is 2.46. The number of hydrogen-bond donors (Lipinski definition) is 0. The summed E-state index contributed by atoms with van der Waals surface area (Å²) in [4.78, 5) is 45.5. The summed E-state index contributed by atoms with van der Waals surface area (Å²) < 4.78 is 41.8. The molecule has 542 valence electrons. The van der Waals surface area contributed by atoms with Gasteiger partial charge in [-0.3, -0.25) is 14.4 Å². The highest BCUT2D eigenvalue weighted by Crippen LogP contribution is 2.57. The molecule has 3 atom stereocenters. The van der Waals surface area contributed by atoms with Gasteiger partial charge in [0.25, 0.3) is 0 Å². The lowest BCUT2D eigenvalue weighted by molar-refractivity contribution is -0.134. The van der Waals surface area contributed by atoms with Crippen molar-refractivity contribution in [2.45, 2.75) is 296 Å². The highest BCUT2D eigenvalue weighted by atomic mass is 31.2. The fraction of sp³-hybridized carbons (Fsp3) is 0.567. The van der Waals surface area contributed by atoms with Crippen LogP contribution < -0.4 is 27.8 Å². The SMILES string of the molecule is CC(C)(C)CC(C)(C)c1ccc2c(c1)C(c1cc(C(C)(C)CC(C)(C)C)ccc1OP(Oc1ccc(C(C)(C)CC(C)(C)C)cc1C1C(=O)Oc3ccc(C(C)(C)CC(C)(C)C)cc31)Oc1ccc(C(C)(C)CC(C)(C)C)cc1[C@@H]1C(=O)Oc3ccc(C(C)(C)CC(C)(C)C)cc31)C(=O)O2. The maximum atomic E-state index is 15.2. The highest BCUT2D eigenvalue weighted by molar-refractivity contribution is 7.43. The first-order valence-electron chi connectivity index (χ1n) is 36.8. The number of fused-ring (bicyclic) bond motifs is 3. The Bertz CT molecular complexity index is 3650. The molecule has 9 rings (SSSR count). The van der Waals surface area contributed by atoms with E-state index in [2.05, 4.69) is 281 Å². The summed E-state index contributed by atoms with van der Waals surface area (Å²) in [5.41, 5.74) is 8.53. The van der Waals surface area contributed by atoms with E-state index in [1.54, 1.807) is 0 Å². The lowest BCUT2D eigenvalue weighted by Gasteiger charge is -2.34. The summed E-state index contributed by atoms with van der Waals surface area (Å²) in [6.45, 7) is 67.8. The predicted molar refractivity (Wildman–Crippen MR) is 412 cm³/mol. The fourth-order valence-corrected chi connectivity index (χ4v) is 19.4. The Kier molecular flexibility index (Phi) is 20.7. The molecular formula is C90H123O9P. The first-order valence-corrected chi connectivity index (χ1v) is 37.9. The monoisotopic (exact) mass is 1380 g/mol. The molecule has 0 spiro atoms. The number of carbonyl (C=O) groups is 3. The van der Waals surface area contributed by atoms with Gasteiger partial charge in [0, 0.05) is 33.4 Å². The Labute approximate surface area is 604 Å². The Morgan fingerprint density at radius 2 is 0.430 bits per heavy atom. The van der Waals surface area contributed by atoms with Crippen LogP contribution in [0, 0.1) is 32.5 Å². The second kappa shape index (κ2) is 26.7. The van der Waals surface area contributed by atoms with Crippen molar-refractivity contribution in [1.82, 2.24) is 0 Å². The van der Waals surface area contributed by atoms with Crippen LogP contribution in [0.3, 0.4) is 0 Å². The molecule has 6 aromatic rings. The summed E-state index contributed by atoms with van der Waals surface area (Å²) in [5, 5.41) is 0. The molecule has 0 saturated carbocycles. The van der Waals surface area contributed by atoms with Crippen LogP contribution in [-0.4, -0.2) is 17.9 Å². The van der Waals surface area contributed by atoms with Crippen molar-refractivity contribution in [3.05, 3.63) is 176 Å². The zero-order valence-electron chi connectivity index (χ0n) is 67.0. The van der Waals surface area contributed by atoms with Gasteiger partial charge in [0.1, 0.15) is 52.3 Å². The molecule has 0 bridgehead atoms. The van der Waals surface area contributed by atoms with Gasteiger partial charge in [-0.05, 0) is 173 Å². The van der Waals surface area contributed by atoms with Gasteiger partial charge in [0.05, 0.1) is 0 Å². The lowest BCUT2D eigenvalue weighted by Crippen LogP contribution is -2.26. The van der Waals surface area contributed by atoms with Crippen molar-refractivity contribution >= 4 is 26.5 Å². The number of rotatable bonds is 21. The first kappa shape index (κ1) is 77.7. The second-order valence-corrected chi connectivity index (χ2v) is 42.3. The van der Waals surface area contributed by atoms with Gasteiger partial charge < -0.3 is 27.8 Å². The predicted octanol–water partition coefficient (Wildman–Crippen LogP) is 24.9. The summed E-state index contributed by atoms with van der Waals surface area (Å²) in [5.74, 6) is -1.36. The van der Waals surface area contributed by atoms with Gasteiger partial charge in [0.15, 0.2) is 0 Å². The molecule has 0 aliphatic carbocycles. The van der Waals surface area contributed by atoms with E-state index < -0.39 is 44.3 Å². The Balaban J connectivity index is 1.32. The molecule has 0 amide bonds. The Hall–Kier alpha value is -6.44. The number of ether oxygens (including phenoxy) is 3. The van der Waals surface area contributed by atoms with Gasteiger partial charge in [-0.25, -0.2) is 0 Å². The largest absolute Gasteiger partial charge is 0.530 e. The number of benzene rings is 6. The quantitative estimate of drug-likeness (QED) is 0.0396. The lowest BCUT2D eigenvalue weighted by atomic mass is 9.71. The fourth-order valence-electron chi connectivity index (χ4n) is 18.3. The van der Waals surface area contributed by atoms with Gasteiger partial charge in [0.2, 0.25) is 0 Å². The third-order valence-electron chi connectivity index (χ3n) is 20.3. The van der Waals surface area contributed by atoms with E-state index in [1.807, 2.05) is 36.4 Å². The maximum Gasteiger partial charge on any atom is 0.530 e. The van der Waals surface area contributed by atoms with E-state index in [-0.39, 0.29) is 65.0 Å². The van der Waals surface area contributed by atoms with Crippen LogP contribution >= 0.6 is 8.60 Å². The maximum absolute atomic E-state index is 15.2. The van der Waals surface area contributed by atoms with E-state index in [4.69, 9.17) is 27.8 Å². The molecule has 3 aliphatic heterocycles. The van der Waals surface area contributed by atoms with Crippen LogP contribution in [0.4, 0.5) is 0 Å². The van der Waals surface area contributed by atoms with E-state index in [0.717, 1.165) is 88.6 Å². The Morgan fingerprint density at radius 1 is 0.260 bits per heavy atom. The van der Waals surface area contributed by atoms with Crippen molar-refractivity contribution in [1.29, 1.82) is 0 Å². The topological polar surface area (TPSA) is 107 Å². The molecule has 3 aliphatic rings. The van der Waals surface area contributed by atoms with E-state index in [1.165, 1.54) is 0 Å². The van der Waals surface area contributed by atoms with Crippen molar-refractivity contribution in [2.24, 2.45) is 32.5 Å². The molecule has 6 aromatic carbocycles. The van der Waals surface area contributed by atoms with Gasteiger partial charge in [-0.1, -0.05) is 281 Å². The van der Waals surface area contributed by atoms with Crippen LogP contribution in [0.25, 0.3) is 0 Å². The van der Waals surface area contributed by atoms with Crippen molar-refractivity contribution in [3.8, 4) is 34.5 Å². The van der Waals surface area contributed by atoms with Crippen LogP contribution in [0.2, 0.25) is 0 Å². The standard InChI is InChI=1S/C90H123O9P/c1-79(2,3)49-85(19,20)55-31-37-67-61(43-55)73(76(91)94-67)64-46-58(88(25,26)52-82(10,11)12)34-40-70(64)97-100(98-71-41-35-59(89(27,28)53-83(13,14)15)47-65(71)74-62-44-56(32-38-68(62)95-77(74)92)86(21,22)50-80(4,5)6)99-72-42-36-60(90(29,30)54-84(16,17)18)48-66(72)75-63-45-57(33-39-69(63)96-78(75)93)87(23,24)51-81(7,8)9/h31-48,73-75H,49-54H2,1-30H3/t73-,74?,75?,100?/m1/s1. The second-order valence-electron chi connectivity index (χ2n) is 41.3. The summed E-state index contributed by atoms with van der Waals surface area (Å²) in [6, 6.07) is 37.2. The van der Waals surface area contributed by atoms with E-state index in [9.17, 15) is 0 Å². The Morgan fingerprint density at radius 3 is 0.610 bits per heavy atom. The molecule has 10 heteroatoms. The summed E-state index contributed by atoms with van der Waals surface area (Å²) in [6.07, 6.45) is 5.23. The molecular weight excluding hydrogens is 1260 g/mol. The van der Waals surface area contributed by atoms with Gasteiger partial charge >= 0.3 is 26.5 Å². The van der Waals surface area contributed by atoms with Gasteiger partial charge in [-0.15, -0.1) is 0 Å². The first-order chi connectivity index (χ1) is 45.4. The summed E-state index contributed by atoms with van der Waals surface area (Å²) in [7, 11) is -2.68. The normalized spacial score (nSPS) is 17.7. The molecule has 0 radical (unpaired) electrons. The minimum absolute atomic E-state index is 0.0197. The molecule has 3 heterocycles. The minimum atomic E-state index is -2.68. The number of carbonyl (C=O) groups excluding carboxylic acids is 3. The zero-order valence-corrected chi connectivity index (χ0v) is 67.9. The van der Waals surface area contributed by atoms with Crippen molar-refractivity contribution in [2.75, 3.05) is 0 Å². The van der Waals surface area contributed by atoms with E-state index in [0.29, 0.717) is 51.2 Å². The molecule has 2 unspecified atom stereocenters. The van der Waals surface area contributed by atoms with Crippen LogP contribution in [0.15, 0.2) is 109 Å². The third-order valence-corrected chi connectivity index (χ3v) is 21.3. The number of esters is 3. The molecule has 0 fully saturated rings.